The monoisotopic (exact) mass is 161 g/mol. The van der Waals surface area contributed by atoms with E-state index in [1.165, 1.54) is 0 Å². The van der Waals surface area contributed by atoms with Gasteiger partial charge in [0.15, 0.2) is 0 Å². The van der Waals surface area contributed by atoms with Gasteiger partial charge >= 0.3 is 5.97 Å². The molecule has 0 aromatic rings. The summed E-state index contributed by atoms with van der Waals surface area (Å²) in [6, 6.07) is 0. The zero-order valence-corrected chi connectivity index (χ0v) is 6.94. The molecule has 0 aromatic heterocycles. The Labute approximate surface area is 62.7 Å². The zero-order chi connectivity index (χ0) is 7.56. The van der Waals surface area contributed by atoms with Crippen LogP contribution in [0.25, 0.3) is 0 Å². The first-order chi connectivity index (χ1) is 4.70. The molecule has 1 heterocycles. The van der Waals surface area contributed by atoms with E-state index in [0.29, 0.717) is 0 Å². The quantitative estimate of drug-likeness (QED) is 0.571. The maximum absolute atomic E-state index is 10.4. The van der Waals surface area contributed by atoms with Crippen LogP contribution in [-0.2, 0) is 4.79 Å². The van der Waals surface area contributed by atoms with Gasteiger partial charge in [0.1, 0.15) is 0 Å². The average Bonchev–Trinajstić information content (AvgIpc) is 1.88. The lowest BCUT2D eigenvalue weighted by Gasteiger charge is -2.25. The predicted octanol–water partition coefficient (Wildman–Crippen LogP) is 0.573. The summed E-state index contributed by atoms with van der Waals surface area (Å²) >= 11 is 0. The second-order valence-electron chi connectivity index (χ2n) is 2.65. The SMILES string of the molecule is O=C(O)C1CCN(P)CC1. The number of hydrogen-bond acceptors (Lipinski definition) is 2. The molecule has 58 valence electrons. The fraction of sp³-hybridized carbons (Fsp3) is 0.833. The van der Waals surface area contributed by atoms with Crippen molar-refractivity contribution in [2.75, 3.05) is 13.1 Å². The standard InChI is InChI=1S/C6H12NO2P/c8-6(9)5-1-3-7(10)4-2-5/h5H,1-4,10H2,(H,8,9). The van der Waals surface area contributed by atoms with Crippen molar-refractivity contribution >= 4 is 15.4 Å². The minimum absolute atomic E-state index is 0.100. The van der Waals surface area contributed by atoms with Gasteiger partial charge in [-0.1, -0.05) is 9.39 Å². The van der Waals surface area contributed by atoms with Gasteiger partial charge in [0.25, 0.3) is 0 Å². The van der Waals surface area contributed by atoms with Crippen LogP contribution < -0.4 is 0 Å². The zero-order valence-electron chi connectivity index (χ0n) is 5.79. The van der Waals surface area contributed by atoms with E-state index in [2.05, 4.69) is 14.1 Å². The van der Waals surface area contributed by atoms with Gasteiger partial charge in [-0.15, -0.1) is 0 Å². The van der Waals surface area contributed by atoms with E-state index in [1.54, 1.807) is 0 Å². The van der Waals surface area contributed by atoms with Crippen molar-refractivity contribution in [1.82, 2.24) is 4.67 Å². The van der Waals surface area contributed by atoms with E-state index in [0.717, 1.165) is 25.9 Å². The van der Waals surface area contributed by atoms with Crippen molar-refractivity contribution in [3.8, 4) is 0 Å². The van der Waals surface area contributed by atoms with Gasteiger partial charge in [-0.2, -0.15) is 0 Å². The molecule has 1 rings (SSSR count). The molecule has 0 bridgehead atoms. The van der Waals surface area contributed by atoms with Crippen LogP contribution in [0.15, 0.2) is 0 Å². The smallest absolute Gasteiger partial charge is 0.306 e. The van der Waals surface area contributed by atoms with E-state index in [9.17, 15) is 4.79 Å². The highest BCUT2D eigenvalue weighted by atomic mass is 31.0. The van der Waals surface area contributed by atoms with Crippen LogP contribution in [0.2, 0.25) is 0 Å². The number of aliphatic carboxylic acids is 1. The second kappa shape index (κ2) is 3.31. The Bertz CT molecular complexity index is 132. The van der Waals surface area contributed by atoms with Crippen LogP contribution in [0.3, 0.4) is 0 Å². The highest BCUT2D eigenvalue weighted by molar-refractivity contribution is 7.13. The lowest BCUT2D eigenvalue weighted by atomic mass is 9.99. The Morgan fingerprint density at radius 3 is 2.40 bits per heavy atom. The van der Waals surface area contributed by atoms with Gasteiger partial charge in [-0.05, 0) is 12.8 Å². The Kier molecular flexibility index (Phi) is 2.64. The molecule has 3 nitrogen and oxygen atoms in total. The molecular formula is C6H12NO2P. The first kappa shape index (κ1) is 7.96. The minimum Gasteiger partial charge on any atom is -0.481 e. The first-order valence-electron chi connectivity index (χ1n) is 3.42. The Balaban J connectivity index is 2.33. The Morgan fingerprint density at radius 1 is 1.50 bits per heavy atom. The molecule has 1 aliphatic rings. The molecule has 10 heavy (non-hydrogen) atoms. The highest BCUT2D eigenvalue weighted by Crippen LogP contribution is 2.18. The van der Waals surface area contributed by atoms with E-state index < -0.39 is 5.97 Å². The van der Waals surface area contributed by atoms with Gasteiger partial charge in [0.2, 0.25) is 0 Å². The number of carbonyl (C=O) groups is 1. The molecule has 1 N–H and O–H groups in total. The van der Waals surface area contributed by atoms with E-state index in [-0.39, 0.29) is 5.92 Å². The molecule has 1 saturated heterocycles. The number of hydrogen-bond donors (Lipinski definition) is 1. The third-order valence-corrected chi connectivity index (χ3v) is 2.40. The van der Waals surface area contributed by atoms with Crippen molar-refractivity contribution in [3.63, 3.8) is 0 Å². The third-order valence-electron chi connectivity index (χ3n) is 1.88. The number of carboxylic acids is 1. The largest absolute Gasteiger partial charge is 0.481 e. The number of nitrogens with zero attached hydrogens (tertiary/aromatic N) is 1. The molecule has 1 aliphatic heterocycles. The van der Waals surface area contributed by atoms with Crippen molar-refractivity contribution in [2.45, 2.75) is 12.8 Å². The predicted molar refractivity (Wildman–Crippen MR) is 41.6 cm³/mol. The second-order valence-corrected chi connectivity index (χ2v) is 3.38. The molecular weight excluding hydrogens is 149 g/mol. The van der Waals surface area contributed by atoms with Crippen LogP contribution in [-0.4, -0.2) is 28.8 Å². The van der Waals surface area contributed by atoms with Gasteiger partial charge in [0, 0.05) is 13.1 Å². The molecule has 1 unspecified atom stereocenters. The van der Waals surface area contributed by atoms with Crippen LogP contribution >= 0.6 is 9.39 Å². The Morgan fingerprint density at radius 2 is 2.00 bits per heavy atom. The third kappa shape index (κ3) is 1.93. The summed E-state index contributed by atoms with van der Waals surface area (Å²) in [5.41, 5.74) is 0. The number of rotatable bonds is 1. The molecule has 1 atom stereocenters. The lowest BCUT2D eigenvalue weighted by molar-refractivity contribution is -0.142. The summed E-state index contributed by atoms with van der Waals surface area (Å²) in [5.74, 6) is -0.741. The normalized spacial score (nSPS) is 22.9. The molecule has 0 spiro atoms. The summed E-state index contributed by atoms with van der Waals surface area (Å²) < 4.78 is 2.08. The molecule has 1 fully saturated rings. The molecule has 0 aliphatic carbocycles. The summed E-state index contributed by atoms with van der Waals surface area (Å²) in [6.07, 6.45) is 1.58. The van der Waals surface area contributed by atoms with E-state index in [4.69, 9.17) is 5.11 Å². The van der Waals surface area contributed by atoms with Crippen molar-refractivity contribution in [2.24, 2.45) is 5.92 Å². The molecule has 0 aromatic carbocycles. The van der Waals surface area contributed by atoms with E-state index >= 15 is 0 Å². The minimum atomic E-state index is -0.641. The first-order valence-corrected chi connectivity index (χ1v) is 3.94. The van der Waals surface area contributed by atoms with Crippen LogP contribution in [0, 0.1) is 5.92 Å². The van der Waals surface area contributed by atoms with Crippen LogP contribution in [0.5, 0.6) is 0 Å². The fourth-order valence-corrected chi connectivity index (χ4v) is 1.44. The molecule has 0 radical (unpaired) electrons. The fourth-order valence-electron chi connectivity index (χ4n) is 1.15. The van der Waals surface area contributed by atoms with Crippen molar-refractivity contribution < 1.29 is 9.90 Å². The maximum atomic E-state index is 10.4. The summed E-state index contributed by atoms with van der Waals surface area (Å²) in [7, 11) is 2.59. The number of piperidine rings is 1. The average molecular weight is 161 g/mol. The Hall–Kier alpha value is -0.140. The van der Waals surface area contributed by atoms with E-state index in [1.807, 2.05) is 0 Å². The molecule has 0 saturated carbocycles. The van der Waals surface area contributed by atoms with Crippen molar-refractivity contribution in [1.29, 1.82) is 0 Å². The van der Waals surface area contributed by atoms with Crippen molar-refractivity contribution in [3.05, 3.63) is 0 Å². The summed E-state index contributed by atoms with van der Waals surface area (Å²) in [6.45, 7) is 1.78. The highest BCUT2D eigenvalue weighted by Gasteiger charge is 2.22. The van der Waals surface area contributed by atoms with Gasteiger partial charge < -0.3 is 5.11 Å². The van der Waals surface area contributed by atoms with Gasteiger partial charge in [-0.3, -0.25) is 9.46 Å². The maximum Gasteiger partial charge on any atom is 0.306 e. The summed E-state index contributed by atoms with van der Waals surface area (Å²) in [4.78, 5) is 10.4. The topological polar surface area (TPSA) is 40.5 Å². The van der Waals surface area contributed by atoms with Gasteiger partial charge in [0.05, 0.1) is 5.92 Å². The lowest BCUT2D eigenvalue weighted by Crippen LogP contribution is -2.30. The van der Waals surface area contributed by atoms with Gasteiger partial charge in [-0.25, -0.2) is 0 Å². The molecule has 0 amide bonds. The molecule has 4 heteroatoms. The van der Waals surface area contributed by atoms with Crippen LogP contribution in [0.4, 0.5) is 0 Å². The summed E-state index contributed by atoms with van der Waals surface area (Å²) in [5, 5.41) is 8.60. The van der Waals surface area contributed by atoms with Crippen LogP contribution in [0.1, 0.15) is 12.8 Å². The number of carboxylic acid groups (broad SMARTS) is 1.